The quantitative estimate of drug-likeness (QED) is 0.368. The van der Waals surface area contributed by atoms with Crippen molar-refractivity contribution in [3.8, 4) is 11.6 Å². The molecular weight excluding hydrogens is 450 g/mol. The highest BCUT2D eigenvalue weighted by Crippen LogP contribution is 2.42. The zero-order valence-corrected chi connectivity index (χ0v) is 19.2. The van der Waals surface area contributed by atoms with Crippen molar-refractivity contribution in [2.75, 3.05) is 17.3 Å². The van der Waals surface area contributed by atoms with Crippen LogP contribution in [0.3, 0.4) is 0 Å². The van der Waals surface area contributed by atoms with Gasteiger partial charge in [0.15, 0.2) is 0 Å². The lowest BCUT2D eigenvalue weighted by molar-refractivity contribution is 0.0981. The molecule has 5 rings (SSSR count). The number of aromatic nitrogens is 1. The molecule has 0 aliphatic carbocycles. The Bertz CT molecular complexity index is 1310. The number of hydrogen-bond donors (Lipinski definition) is 1. The molecule has 0 saturated heterocycles. The number of pyridine rings is 1. The van der Waals surface area contributed by atoms with Crippen LogP contribution in [0.25, 0.3) is 0 Å². The van der Waals surface area contributed by atoms with Crippen molar-refractivity contribution in [3.63, 3.8) is 0 Å². The van der Waals surface area contributed by atoms with Gasteiger partial charge in [-0.3, -0.25) is 9.69 Å². The summed E-state index contributed by atoms with van der Waals surface area (Å²) < 4.78 is 11.4. The van der Waals surface area contributed by atoms with Crippen LogP contribution in [0.5, 0.6) is 11.6 Å². The molecule has 0 saturated carbocycles. The molecule has 3 aromatic carbocycles. The predicted octanol–water partition coefficient (Wildman–Crippen LogP) is 6.09. The Labute approximate surface area is 202 Å². The number of nitrogens with one attached hydrogen (secondary N) is 1. The van der Waals surface area contributed by atoms with Crippen molar-refractivity contribution in [3.05, 3.63) is 113 Å². The topological polar surface area (TPSA) is 63.7 Å². The molecule has 7 heteroatoms. The monoisotopic (exact) mass is 471 g/mol. The predicted molar refractivity (Wildman–Crippen MR) is 133 cm³/mol. The number of fused-ring (bicyclic) bond motifs is 1. The summed E-state index contributed by atoms with van der Waals surface area (Å²) in [5.74, 6) is 1.10. The first-order valence-electron chi connectivity index (χ1n) is 10.8. The highest BCUT2D eigenvalue weighted by atomic mass is 35.5. The van der Waals surface area contributed by atoms with Crippen molar-refractivity contribution in [2.24, 2.45) is 0 Å². The van der Waals surface area contributed by atoms with E-state index in [2.05, 4.69) is 10.3 Å². The fourth-order valence-corrected chi connectivity index (χ4v) is 4.14. The average Bonchev–Trinajstić information content (AvgIpc) is 3.27. The molecule has 0 radical (unpaired) electrons. The van der Waals surface area contributed by atoms with E-state index in [0.717, 1.165) is 22.5 Å². The number of carbonyl (C=O) groups excluding carboxylic acids is 1. The average molecular weight is 472 g/mol. The molecule has 1 aliphatic heterocycles. The van der Waals surface area contributed by atoms with Crippen molar-refractivity contribution < 1.29 is 14.3 Å². The summed E-state index contributed by atoms with van der Waals surface area (Å²) >= 11 is 6.04. The minimum Gasteiger partial charge on any atom is -0.496 e. The molecule has 4 aromatic rings. The summed E-state index contributed by atoms with van der Waals surface area (Å²) in [6.45, 7) is 0.277. The number of hydrogen-bond acceptors (Lipinski definition) is 5. The van der Waals surface area contributed by atoms with Gasteiger partial charge in [-0.15, -0.1) is 0 Å². The zero-order valence-electron chi connectivity index (χ0n) is 18.4. The lowest BCUT2D eigenvalue weighted by Gasteiger charge is -2.26. The van der Waals surface area contributed by atoms with E-state index in [4.69, 9.17) is 21.1 Å². The second-order valence-corrected chi connectivity index (χ2v) is 8.21. The third kappa shape index (κ3) is 4.28. The smallest absolute Gasteiger partial charge is 0.260 e. The molecule has 34 heavy (non-hydrogen) atoms. The lowest BCUT2D eigenvalue weighted by atomic mass is 10.1. The Morgan fingerprint density at radius 3 is 2.59 bits per heavy atom. The fourth-order valence-electron chi connectivity index (χ4n) is 4.01. The van der Waals surface area contributed by atoms with Crippen LogP contribution in [0.1, 0.15) is 27.7 Å². The number of rotatable bonds is 6. The number of carbonyl (C=O) groups is 1. The molecule has 1 aromatic heterocycles. The zero-order chi connectivity index (χ0) is 23.5. The van der Waals surface area contributed by atoms with Crippen LogP contribution >= 0.6 is 11.6 Å². The maximum atomic E-state index is 13.6. The van der Waals surface area contributed by atoms with Crippen LogP contribution in [0, 0.1) is 0 Å². The van der Waals surface area contributed by atoms with Gasteiger partial charge in [0.05, 0.1) is 18.5 Å². The minimum atomic E-state index is -0.403. The maximum absolute atomic E-state index is 13.6. The van der Waals surface area contributed by atoms with Gasteiger partial charge in [0.2, 0.25) is 5.88 Å². The van der Waals surface area contributed by atoms with E-state index in [1.165, 1.54) is 0 Å². The van der Waals surface area contributed by atoms with E-state index < -0.39 is 6.17 Å². The molecule has 2 heterocycles. The van der Waals surface area contributed by atoms with E-state index in [0.29, 0.717) is 22.2 Å². The highest BCUT2D eigenvalue weighted by molar-refractivity contribution is 6.30. The first kappa shape index (κ1) is 21.8. The first-order chi connectivity index (χ1) is 16.6. The van der Waals surface area contributed by atoms with Crippen LogP contribution in [0.4, 0.5) is 11.4 Å². The van der Waals surface area contributed by atoms with E-state index in [1.54, 1.807) is 48.5 Å². The van der Waals surface area contributed by atoms with Crippen LogP contribution < -0.4 is 19.7 Å². The van der Waals surface area contributed by atoms with E-state index >= 15 is 0 Å². The van der Waals surface area contributed by atoms with Crippen molar-refractivity contribution >= 4 is 28.9 Å². The van der Waals surface area contributed by atoms with Crippen LogP contribution in [0.15, 0.2) is 91.1 Å². The third-order valence-electron chi connectivity index (χ3n) is 5.66. The minimum absolute atomic E-state index is 0.124. The number of benzene rings is 3. The van der Waals surface area contributed by atoms with Crippen molar-refractivity contribution in [1.82, 2.24) is 4.98 Å². The molecule has 1 N–H and O–H groups in total. The van der Waals surface area contributed by atoms with Crippen LogP contribution in [-0.2, 0) is 6.61 Å². The number of ether oxygens (including phenoxy) is 2. The summed E-state index contributed by atoms with van der Waals surface area (Å²) in [5, 5.41) is 4.07. The number of nitrogens with zero attached hydrogens (tertiary/aromatic N) is 2. The summed E-state index contributed by atoms with van der Waals surface area (Å²) in [7, 11) is 1.62. The van der Waals surface area contributed by atoms with Gasteiger partial charge in [0.1, 0.15) is 18.5 Å². The fraction of sp³-hybridized carbons (Fsp3) is 0.111. The number of methoxy groups -OCH3 is 1. The van der Waals surface area contributed by atoms with Crippen LogP contribution in [-0.4, -0.2) is 18.0 Å². The number of anilines is 2. The second kappa shape index (κ2) is 9.45. The molecule has 6 nitrogen and oxygen atoms in total. The Kier molecular flexibility index (Phi) is 6.06. The number of halogens is 1. The summed E-state index contributed by atoms with van der Waals surface area (Å²) in [4.78, 5) is 19.6. The largest absolute Gasteiger partial charge is 0.496 e. The Balaban J connectivity index is 1.49. The third-order valence-corrected chi connectivity index (χ3v) is 5.91. The van der Waals surface area contributed by atoms with Gasteiger partial charge in [-0.25, -0.2) is 4.98 Å². The van der Waals surface area contributed by atoms with E-state index in [9.17, 15) is 4.79 Å². The van der Waals surface area contributed by atoms with Crippen molar-refractivity contribution in [1.29, 1.82) is 0 Å². The molecule has 0 fully saturated rings. The summed E-state index contributed by atoms with van der Waals surface area (Å²) in [6, 6.07) is 26.0. The molecule has 1 atom stereocenters. The molecule has 1 amide bonds. The standard InChI is InChI=1S/C27H22ClN3O3/c1-33-24-14-11-19(16-20(24)17-34-25-8-4-5-15-29-25)26-30-22-6-2-3-7-23(22)31(26)27(32)18-9-12-21(28)13-10-18/h2-16,26,30H,17H2,1H3. The van der Waals surface area contributed by atoms with Gasteiger partial charge in [-0.2, -0.15) is 0 Å². The van der Waals surface area contributed by atoms with Gasteiger partial charge >= 0.3 is 0 Å². The van der Waals surface area contributed by atoms with Gasteiger partial charge in [-0.05, 0) is 60.2 Å². The van der Waals surface area contributed by atoms with Crippen LogP contribution in [0.2, 0.25) is 5.02 Å². The van der Waals surface area contributed by atoms with Crippen molar-refractivity contribution in [2.45, 2.75) is 12.8 Å². The van der Waals surface area contributed by atoms with Gasteiger partial charge in [-0.1, -0.05) is 35.9 Å². The molecular formula is C27H22ClN3O3. The summed E-state index contributed by atoms with van der Waals surface area (Å²) in [5.41, 5.74) is 4.01. The number of para-hydroxylation sites is 2. The first-order valence-corrected chi connectivity index (χ1v) is 11.2. The van der Waals surface area contributed by atoms with E-state index in [-0.39, 0.29) is 12.5 Å². The van der Waals surface area contributed by atoms with Gasteiger partial charge in [0, 0.05) is 28.4 Å². The van der Waals surface area contributed by atoms with Gasteiger partial charge < -0.3 is 14.8 Å². The SMILES string of the molecule is COc1ccc(C2Nc3ccccc3N2C(=O)c2ccc(Cl)cc2)cc1COc1ccccn1. The Morgan fingerprint density at radius 1 is 1.03 bits per heavy atom. The van der Waals surface area contributed by atoms with E-state index in [1.807, 2.05) is 54.6 Å². The Hall–Kier alpha value is -4.03. The Morgan fingerprint density at radius 2 is 1.82 bits per heavy atom. The molecule has 0 bridgehead atoms. The normalized spacial score (nSPS) is 14.3. The molecule has 1 unspecified atom stereocenters. The second-order valence-electron chi connectivity index (χ2n) is 7.77. The highest BCUT2D eigenvalue weighted by Gasteiger charge is 2.35. The maximum Gasteiger partial charge on any atom is 0.260 e. The van der Waals surface area contributed by atoms with Gasteiger partial charge in [0.25, 0.3) is 5.91 Å². The lowest BCUT2D eigenvalue weighted by Crippen LogP contribution is -2.34. The molecule has 0 spiro atoms. The number of amides is 1. The summed E-state index contributed by atoms with van der Waals surface area (Å²) in [6.07, 6.45) is 1.28. The molecule has 1 aliphatic rings. The molecule has 170 valence electrons.